The first-order valence-corrected chi connectivity index (χ1v) is 18.0. The Morgan fingerprint density at radius 3 is 1.84 bits per heavy atom. The highest BCUT2D eigenvalue weighted by atomic mass is 31.1. The molecule has 220 valence electrons. The van der Waals surface area contributed by atoms with Gasteiger partial charge >= 0.3 is 0 Å². The van der Waals surface area contributed by atoms with Crippen LogP contribution in [0.3, 0.4) is 0 Å². The molecule has 0 spiro atoms. The maximum absolute atomic E-state index is 13.8. The molecule has 1 amide bonds. The molecule has 0 saturated heterocycles. The highest BCUT2D eigenvalue weighted by Gasteiger charge is 2.43. The predicted octanol–water partition coefficient (Wildman–Crippen LogP) is 9.70. The van der Waals surface area contributed by atoms with Crippen LogP contribution in [-0.4, -0.2) is 28.0 Å². The quantitative estimate of drug-likeness (QED) is 0.207. The van der Waals surface area contributed by atoms with Gasteiger partial charge in [-0.2, -0.15) is 0 Å². The standard InChI is InChI=1S/C39H43N2OP/c1-28(42)41-37(31-19-8-3-9-20-31)36(30-17-6-2-7-18-30)40-39(41)35-27-26-29-16-14-15-25-34(29)38(35)43(32-21-10-4-11-22-32)33-23-12-5-13-24-33/h2-3,6-9,14-20,25-27,32-33,36-37H,4-5,10-13,21-24H2,1H3/t36-,37-/m0/s1. The summed E-state index contributed by atoms with van der Waals surface area (Å²) in [6.07, 6.45) is 13.5. The molecule has 0 radical (unpaired) electrons. The van der Waals surface area contributed by atoms with Gasteiger partial charge in [0.15, 0.2) is 0 Å². The van der Waals surface area contributed by atoms with E-state index in [0.29, 0.717) is 0 Å². The van der Waals surface area contributed by atoms with E-state index in [0.717, 1.165) is 28.3 Å². The van der Waals surface area contributed by atoms with Crippen LogP contribution in [0.25, 0.3) is 10.8 Å². The second-order valence-electron chi connectivity index (χ2n) is 12.7. The summed E-state index contributed by atoms with van der Waals surface area (Å²) in [6, 6.07) is 34.4. The van der Waals surface area contributed by atoms with Crippen LogP contribution in [0.1, 0.15) is 99.9 Å². The van der Waals surface area contributed by atoms with E-state index in [1.807, 2.05) is 4.90 Å². The molecule has 2 saturated carbocycles. The topological polar surface area (TPSA) is 32.7 Å². The molecule has 2 aliphatic carbocycles. The van der Waals surface area contributed by atoms with Crippen molar-refractivity contribution in [2.45, 2.75) is 94.5 Å². The Hall–Kier alpha value is -3.29. The summed E-state index contributed by atoms with van der Waals surface area (Å²) in [5.74, 6) is 0.930. The number of nitrogens with zero attached hydrogens (tertiary/aromatic N) is 2. The number of benzene rings is 4. The molecule has 0 bridgehead atoms. The fraction of sp³-hybridized carbons (Fsp3) is 0.385. The van der Waals surface area contributed by atoms with E-state index in [2.05, 4.69) is 97.1 Å². The van der Waals surface area contributed by atoms with Crippen molar-refractivity contribution in [2.75, 3.05) is 0 Å². The lowest BCUT2D eigenvalue weighted by molar-refractivity contribution is -0.126. The molecule has 4 aromatic rings. The van der Waals surface area contributed by atoms with E-state index < -0.39 is 7.92 Å². The normalized spacial score (nSPS) is 21.8. The summed E-state index contributed by atoms with van der Waals surface area (Å²) in [7, 11) is -0.423. The number of hydrogen-bond donors (Lipinski definition) is 0. The van der Waals surface area contributed by atoms with Gasteiger partial charge in [0.2, 0.25) is 5.91 Å². The van der Waals surface area contributed by atoms with Gasteiger partial charge in [0.1, 0.15) is 11.9 Å². The van der Waals surface area contributed by atoms with Crippen LogP contribution in [0.2, 0.25) is 0 Å². The maximum Gasteiger partial charge on any atom is 0.225 e. The molecule has 1 heterocycles. The zero-order valence-corrected chi connectivity index (χ0v) is 26.3. The first kappa shape index (κ1) is 28.5. The number of amides is 1. The predicted molar refractivity (Wildman–Crippen MR) is 182 cm³/mol. The summed E-state index contributed by atoms with van der Waals surface area (Å²) in [5.41, 5.74) is 4.99. The lowest BCUT2D eigenvalue weighted by Gasteiger charge is -2.40. The van der Waals surface area contributed by atoms with Crippen molar-refractivity contribution in [2.24, 2.45) is 4.99 Å². The smallest absolute Gasteiger partial charge is 0.225 e. The van der Waals surface area contributed by atoms with E-state index in [9.17, 15) is 4.79 Å². The molecule has 3 nitrogen and oxygen atoms in total. The number of fused-ring (bicyclic) bond motifs is 1. The summed E-state index contributed by atoms with van der Waals surface area (Å²) in [6.45, 7) is 1.73. The molecule has 43 heavy (non-hydrogen) atoms. The van der Waals surface area contributed by atoms with Gasteiger partial charge in [0.05, 0.1) is 6.04 Å². The van der Waals surface area contributed by atoms with Crippen molar-refractivity contribution >= 4 is 35.7 Å². The maximum atomic E-state index is 13.8. The van der Waals surface area contributed by atoms with Crippen LogP contribution < -0.4 is 5.30 Å². The first-order valence-electron chi connectivity index (χ1n) is 16.5. The van der Waals surface area contributed by atoms with Crippen LogP contribution in [-0.2, 0) is 4.79 Å². The molecule has 2 fully saturated rings. The largest absolute Gasteiger partial charge is 0.287 e. The van der Waals surface area contributed by atoms with E-state index in [4.69, 9.17) is 4.99 Å². The average molecular weight is 587 g/mol. The molecule has 3 aliphatic rings. The molecule has 0 N–H and O–H groups in total. The third kappa shape index (κ3) is 5.58. The minimum absolute atomic E-state index is 0.0600. The Kier molecular flexibility index (Phi) is 8.44. The second kappa shape index (κ2) is 12.7. The van der Waals surface area contributed by atoms with Gasteiger partial charge in [0, 0.05) is 12.5 Å². The van der Waals surface area contributed by atoms with Gasteiger partial charge in [-0.3, -0.25) is 14.7 Å². The van der Waals surface area contributed by atoms with Crippen molar-refractivity contribution in [3.63, 3.8) is 0 Å². The van der Waals surface area contributed by atoms with Crippen molar-refractivity contribution < 1.29 is 4.79 Å². The number of rotatable bonds is 6. The third-order valence-corrected chi connectivity index (χ3v) is 13.6. The van der Waals surface area contributed by atoms with E-state index in [-0.39, 0.29) is 18.0 Å². The van der Waals surface area contributed by atoms with Gasteiger partial charge in [-0.15, -0.1) is 0 Å². The Balaban J connectivity index is 1.46. The molecular weight excluding hydrogens is 543 g/mol. The molecule has 0 unspecified atom stereocenters. The van der Waals surface area contributed by atoms with Crippen LogP contribution in [0.5, 0.6) is 0 Å². The van der Waals surface area contributed by atoms with Crippen LogP contribution in [0.4, 0.5) is 0 Å². The molecule has 2 atom stereocenters. The molecule has 1 aliphatic heterocycles. The van der Waals surface area contributed by atoms with Gasteiger partial charge in [-0.05, 0) is 70.3 Å². The second-order valence-corrected chi connectivity index (χ2v) is 15.4. The van der Waals surface area contributed by atoms with E-state index in [1.165, 1.54) is 85.8 Å². The summed E-state index contributed by atoms with van der Waals surface area (Å²) < 4.78 is 0. The third-order valence-electron chi connectivity index (χ3n) is 10.0. The highest BCUT2D eigenvalue weighted by molar-refractivity contribution is 7.67. The summed E-state index contributed by atoms with van der Waals surface area (Å²) >= 11 is 0. The van der Waals surface area contributed by atoms with Crippen molar-refractivity contribution in [3.05, 3.63) is 114 Å². The minimum atomic E-state index is -0.423. The van der Waals surface area contributed by atoms with E-state index >= 15 is 0 Å². The molecule has 4 heteroatoms. The average Bonchev–Trinajstić information content (AvgIpc) is 3.48. The lowest BCUT2D eigenvalue weighted by Crippen LogP contribution is -2.39. The Morgan fingerprint density at radius 1 is 0.674 bits per heavy atom. The monoisotopic (exact) mass is 586 g/mol. The molecular formula is C39H43N2OP. The van der Waals surface area contributed by atoms with Crippen molar-refractivity contribution in [1.29, 1.82) is 0 Å². The zero-order chi connectivity index (χ0) is 29.2. The van der Waals surface area contributed by atoms with Crippen LogP contribution >= 0.6 is 7.92 Å². The van der Waals surface area contributed by atoms with Crippen LogP contribution in [0, 0.1) is 0 Å². The van der Waals surface area contributed by atoms with Gasteiger partial charge in [-0.25, -0.2) is 0 Å². The van der Waals surface area contributed by atoms with Crippen LogP contribution in [0.15, 0.2) is 102 Å². The Morgan fingerprint density at radius 2 is 1.23 bits per heavy atom. The Bertz CT molecular complexity index is 1570. The fourth-order valence-corrected chi connectivity index (χ4v) is 12.2. The molecule has 4 aromatic carbocycles. The number of amidine groups is 1. The Labute approximate surface area is 258 Å². The summed E-state index contributed by atoms with van der Waals surface area (Å²) in [5, 5.41) is 4.22. The SMILES string of the molecule is CC(=O)N1C(c2ccc3ccccc3c2P(C2CCCCC2)C2CCCCC2)=N[C@@H](c2ccccc2)[C@@H]1c1ccccc1. The minimum Gasteiger partial charge on any atom is -0.287 e. The fourth-order valence-electron chi connectivity index (χ4n) is 8.07. The first-order chi connectivity index (χ1) is 21.2. The van der Waals surface area contributed by atoms with Crippen molar-refractivity contribution in [3.8, 4) is 0 Å². The summed E-state index contributed by atoms with van der Waals surface area (Å²) in [4.78, 5) is 21.4. The number of carbonyl (C=O) groups is 1. The molecule has 0 aromatic heterocycles. The highest BCUT2D eigenvalue weighted by Crippen LogP contribution is 2.57. The van der Waals surface area contributed by atoms with Crippen molar-refractivity contribution in [1.82, 2.24) is 4.90 Å². The molecule has 7 rings (SSSR count). The number of aliphatic imine (C=N–C) groups is 1. The zero-order valence-electron chi connectivity index (χ0n) is 25.4. The van der Waals surface area contributed by atoms with E-state index in [1.54, 1.807) is 6.92 Å². The number of carbonyl (C=O) groups excluding carboxylic acids is 1. The lowest BCUT2D eigenvalue weighted by atomic mass is 9.93. The van der Waals surface area contributed by atoms with Gasteiger partial charge < -0.3 is 0 Å². The van der Waals surface area contributed by atoms with Gasteiger partial charge in [0.25, 0.3) is 0 Å². The van der Waals surface area contributed by atoms with Gasteiger partial charge in [-0.1, -0.05) is 137 Å². The number of hydrogen-bond acceptors (Lipinski definition) is 2.